The molecule has 13 nitrogen and oxygen atoms in total. The van der Waals surface area contributed by atoms with E-state index in [-0.39, 0.29) is 12.8 Å². The molecule has 0 aromatic rings. The molecule has 0 aliphatic rings. The Morgan fingerprint density at radius 2 is 1.34 bits per heavy atom. The maximum atomic E-state index is 12.7. The molecule has 0 bridgehead atoms. The second-order valence-electron chi connectivity index (χ2n) is 7.17. The summed E-state index contributed by atoms with van der Waals surface area (Å²) in [6.45, 7) is 2.44. The Bertz CT molecular complexity index is 675. The van der Waals surface area contributed by atoms with Gasteiger partial charge in [0.15, 0.2) is 6.04 Å². The first kappa shape index (κ1) is 29.6. The van der Waals surface area contributed by atoms with E-state index in [0.29, 0.717) is 5.75 Å². The number of aliphatic hydroxyl groups is 2. The minimum atomic E-state index is -1.61. The Labute approximate surface area is 189 Å². The Balaban J connectivity index is 5.52. The predicted octanol–water partition coefficient (Wildman–Crippen LogP) is -2.77. The normalized spacial score (nSPS) is 16.6. The second-order valence-corrected chi connectivity index (χ2v) is 8.15. The number of carbonyl (C=O) groups excluding carboxylic acids is 3. The Hall–Kier alpha value is -2.42. The van der Waals surface area contributed by atoms with E-state index < -0.39 is 72.5 Å². The highest BCUT2D eigenvalue weighted by molar-refractivity contribution is 7.98. The molecule has 0 radical (unpaired) electrons. The molecule has 0 saturated heterocycles. The number of hydrogen-bond acceptors (Lipinski definition) is 9. The number of aliphatic carboxylic acids is 2. The number of nitrogens with two attached hydrogens (primary N) is 1. The third-order valence-corrected chi connectivity index (χ3v) is 5.04. The number of carbonyl (C=O) groups is 5. The summed E-state index contributed by atoms with van der Waals surface area (Å²) < 4.78 is 0. The number of aliphatic hydroxyl groups excluding tert-OH is 2. The summed E-state index contributed by atoms with van der Waals surface area (Å²) in [7, 11) is 0. The molecule has 0 fully saturated rings. The summed E-state index contributed by atoms with van der Waals surface area (Å²) in [5.74, 6) is -4.94. The molecule has 0 aliphatic carbocycles. The van der Waals surface area contributed by atoms with Gasteiger partial charge in [-0.15, -0.1) is 0 Å². The lowest BCUT2D eigenvalue weighted by molar-refractivity contribution is -0.145. The van der Waals surface area contributed by atoms with Crippen molar-refractivity contribution in [2.75, 3.05) is 12.0 Å². The van der Waals surface area contributed by atoms with Crippen LogP contribution in [0.5, 0.6) is 0 Å². The van der Waals surface area contributed by atoms with Gasteiger partial charge in [-0.05, 0) is 38.7 Å². The molecule has 0 saturated carbocycles. The zero-order valence-corrected chi connectivity index (χ0v) is 18.9. The molecule has 0 spiro atoms. The second kappa shape index (κ2) is 14.6. The van der Waals surface area contributed by atoms with Crippen LogP contribution in [0.2, 0.25) is 0 Å². The first-order valence-electron chi connectivity index (χ1n) is 9.78. The van der Waals surface area contributed by atoms with Crippen molar-refractivity contribution >= 4 is 41.4 Å². The highest BCUT2D eigenvalue weighted by Crippen LogP contribution is 2.06. The van der Waals surface area contributed by atoms with Gasteiger partial charge in [0.05, 0.1) is 12.2 Å². The van der Waals surface area contributed by atoms with Crippen molar-refractivity contribution in [3.8, 4) is 0 Å². The van der Waals surface area contributed by atoms with Gasteiger partial charge in [0.1, 0.15) is 18.1 Å². The minimum Gasteiger partial charge on any atom is -0.481 e. The molecular formula is C18H32N4O9S. The van der Waals surface area contributed by atoms with Gasteiger partial charge in [-0.25, -0.2) is 4.79 Å². The molecule has 32 heavy (non-hydrogen) atoms. The van der Waals surface area contributed by atoms with Crippen LogP contribution in [-0.2, 0) is 24.0 Å². The van der Waals surface area contributed by atoms with Crippen LogP contribution < -0.4 is 21.7 Å². The van der Waals surface area contributed by atoms with Crippen LogP contribution in [0.3, 0.4) is 0 Å². The molecule has 0 aromatic carbocycles. The van der Waals surface area contributed by atoms with E-state index in [1.54, 1.807) is 6.26 Å². The Morgan fingerprint density at radius 1 is 0.844 bits per heavy atom. The quantitative estimate of drug-likeness (QED) is 0.120. The van der Waals surface area contributed by atoms with E-state index in [0.717, 1.165) is 0 Å². The van der Waals surface area contributed by atoms with Crippen molar-refractivity contribution < 1.29 is 44.4 Å². The van der Waals surface area contributed by atoms with Crippen LogP contribution in [0.1, 0.15) is 33.1 Å². The highest BCUT2D eigenvalue weighted by Gasteiger charge is 2.32. The van der Waals surface area contributed by atoms with Crippen molar-refractivity contribution in [2.24, 2.45) is 5.73 Å². The van der Waals surface area contributed by atoms with Gasteiger partial charge in [-0.1, -0.05) is 0 Å². The number of carboxylic acids is 2. The number of thioether (sulfide) groups is 1. The third kappa shape index (κ3) is 10.7. The lowest BCUT2D eigenvalue weighted by Gasteiger charge is -2.26. The fourth-order valence-corrected chi connectivity index (χ4v) is 2.91. The molecule has 0 aromatic heterocycles. The van der Waals surface area contributed by atoms with E-state index in [9.17, 15) is 34.2 Å². The summed E-state index contributed by atoms with van der Waals surface area (Å²) in [5, 5.41) is 43.8. The van der Waals surface area contributed by atoms with Gasteiger partial charge in [-0.2, -0.15) is 11.8 Å². The Morgan fingerprint density at radius 3 is 1.78 bits per heavy atom. The van der Waals surface area contributed by atoms with Crippen molar-refractivity contribution in [1.82, 2.24) is 16.0 Å². The summed E-state index contributed by atoms with van der Waals surface area (Å²) in [4.78, 5) is 59.6. The van der Waals surface area contributed by atoms with Crippen LogP contribution in [0, 0.1) is 0 Å². The van der Waals surface area contributed by atoms with Crippen molar-refractivity contribution in [3.05, 3.63) is 0 Å². The molecular weight excluding hydrogens is 448 g/mol. The summed E-state index contributed by atoms with van der Waals surface area (Å²) >= 11 is 1.36. The van der Waals surface area contributed by atoms with Crippen molar-refractivity contribution in [3.63, 3.8) is 0 Å². The summed E-state index contributed by atoms with van der Waals surface area (Å²) in [6, 6.07) is -5.57. The monoisotopic (exact) mass is 480 g/mol. The van der Waals surface area contributed by atoms with E-state index in [2.05, 4.69) is 16.0 Å². The number of nitrogens with one attached hydrogen (secondary N) is 3. The van der Waals surface area contributed by atoms with Gasteiger partial charge >= 0.3 is 11.9 Å². The topological polar surface area (TPSA) is 228 Å². The van der Waals surface area contributed by atoms with Crippen LogP contribution >= 0.6 is 11.8 Å². The predicted molar refractivity (Wildman–Crippen MR) is 115 cm³/mol. The number of rotatable bonds is 15. The lowest BCUT2D eigenvalue weighted by atomic mass is 10.1. The molecule has 184 valence electrons. The molecule has 0 rings (SSSR count). The standard InChI is InChI=1S/C18H32N4O9S/c1-8(23)13(19)17(29)21-10(4-5-12(25)26)15(27)20-11(6-7-32-3)16(28)22-14(9(2)24)18(30)31/h8-11,13-14,23-24H,4-7,19H2,1-3H3,(H,20,27)(H,21,29)(H,22,28)(H,25,26)(H,30,31). The van der Waals surface area contributed by atoms with E-state index >= 15 is 0 Å². The molecule has 9 N–H and O–H groups in total. The van der Waals surface area contributed by atoms with Crippen LogP contribution in [0.4, 0.5) is 0 Å². The van der Waals surface area contributed by atoms with Crippen molar-refractivity contribution in [2.45, 2.75) is 69.5 Å². The molecule has 0 aliphatic heterocycles. The lowest BCUT2D eigenvalue weighted by Crippen LogP contribution is -2.59. The summed E-state index contributed by atoms with van der Waals surface area (Å²) in [6.07, 6.45) is -1.59. The van der Waals surface area contributed by atoms with Crippen LogP contribution in [0.25, 0.3) is 0 Å². The van der Waals surface area contributed by atoms with Gasteiger partial charge < -0.3 is 42.1 Å². The largest absolute Gasteiger partial charge is 0.481 e. The maximum Gasteiger partial charge on any atom is 0.328 e. The molecule has 3 amide bonds. The highest BCUT2D eigenvalue weighted by atomic mass is 32.2. The number of amides is 3. The van der Waals surface area contributed by atoms with E-state index in [1.807, 2.05) is 0 Å². The maximum absolute atomic E-state index is 12.7. The Kier molecular flexibility index (Phi) is 13.5. The fourth-order valence-electron chi connectivity index (χ4n) is 2.44. The van der Waals surface area contributed by atoms with Gasteiger partial charge in [0, 0.05) is 6.42 Å². The third-order valence-electron chi connectivity index (χ3n) is 4.39. The summed E-state index contributed by atoms with van der Waals surface area (Å²) in [5.41, 5.74) is 5.53. The van der Waals surface area contributed by atoms with Crippen molar-refractivity contribution in [1.29, 1.82) is 0 Å². The zero-order valence-electron chi connectivity index (χ0n) is 18.1. The molecule has 6 unspecified atom stereocenters. The van der Waals surface area contributed by atoms with E-state index in [4.69, 9.17) is 15.9 Å². The SMILES string of the molecule is CSCCC(NC(=O)C(CCC(=O)O)NC(=O)C(N)C(C)O)C(=O)NC(C(=O)O)C(C)O. The zero-order chi connectivity index (χ0) is 25.0. The fraction of sp³-hybridized carbons (Fsp3) is 0.722. The molecule has 6 atom stereocenters. The first-order chi connectivity index (χ1) is 14.8. The number of hydrogen-bond donors (Lipinski definition) is 8. The van der Waals surface area contributed by atoms with Crippen LogP contribution in [0.15, 0.2) is 0 Å². The van der Waals surface area contributed by atoms with Crippen LogP contribution in [-0.4, -0.2) is 98.5 Å². The average molecular weight is 481 g/mol. The van der Waals surface area contributed by atoms with Gasteiger partial charge in [0.2, 0.25) is 17.7 Å². The minimum absolute atomic E-state index is 0.0949. The van der Waals surface area contributed by atoms with Gasteiger partial charge in [0.25, 0.3) is 0 Å². The van der Waals surface area contributed by atoms with Gasteiger partial charge in [-0.3, -0.25) is 19.2 Å². The molecule has 14 heteroatoms. The average Bonchev–Trinajstić information content (AvgIpc) is 2.70. The van der Waals surface area contributed by atoms with E-state index in [1.165, 1.54) is 25.6 Å². The smallest absolute Gasteiger partial charge is 0.328 e. The molecule has 0 heterocycles. The first-order valence-corrected chi connectivity index (χ1v) is 11.2. The number of carboxylic acid groups (broad SMARTS) is 2.